The molecule has 3 unspecified atom stereocenters. The predicted molar refractivity (Wildman–Crippen MR) is 104 cm³/mol. The molecule has 0 aromatic heterocycles. The van der Waals surface area contributed by atoms with E-state index in [-0.39, 0.29) is 0 Å². The van der Waals surface area contributed by atoms with Gasteiger partial charge in [0.2, 0.25) is 0 Å². The number of hydrogen-bond donors (Lipinski definition) is 0. The van der Waals surface area contributed by atoms with Gasteiger partial charge in [-0.1, -0.05) is 62.4 Å². The number of hydrogen-bond acceptors (Lipinski definition) is 1. The first-order chi connectivity index (χ1) is 11.7. The fourth-order valence-electron chi connectivity index (χ4n) is 4.39. The van der Waals surface area contributed by atoms with E-state index in [0.29, 0.717) is 17.9 Å². The van der Waals surface area contributed by atoms with E-state index >= 15 is 0 Å². The van der Waals surface area contributed by atoms with Gasteiger partial charge in [0.1, 0.15) is 0 Å². The molecule has 0 saturated heterocycles. The maximum Gasteiger partial charge on any atom is 0.0541 e. The van der Waals surface area contributed by atoms with Gasteiger partial charge in [0.15, 0.2) is 0 Å². The van der Waals surface area contributed by atoms with Gasteiger partial charge in [0.05, 0.1) is 6.04 Å². The number of nitrogens with zero attached hydrogens (tertiary/aromatic N) is 1. The fourth-order valence-corrected chi connectivity index (χ4v) is 4.39. The third-order valence-corrected chi connectivity index (χ3v) is 5.86. The zero-order valence-electron chi connectivity index (χ0n) is 14.8. The summed E-state index contributed by atoms with van der Waals surface area (Å²) >= 11 is 0. The van der Waals surface area contributed by atoms with Gasteiger partial charge in [-0.05, 0) is 59.9 Å². The molecule has 0 amide bonds. The van der Waals surface area contributed by atoms with Gasteiger partial charge >= 0.3 is 0 Å². The Bertz CT molecular complexity index is 783. The molecule has 3 atom stereocenters. The molecule has 0 saturated carbocycles. The second-order valence-electron chi connectivity index (χ2n) is 7.77. The third-order valence-electron chi connectivity index (χ3n) is 5.86. The van der Waals surface area contributed by atoms with E-state index < -0.39 is 0 Å². The largest absolute Gasteiger partial charge is 0.285 e. The molecule has 1 aliphatic carbocycles. The van der Waals surface area contributed by atoms with E-state index in [4.69, 9.17) is 4.99 Å². The molecule has 24 heavy (non-hydrogen) atoms. The topological polar surface area (TPSA) is 12.4 Å². The maximum absolute atomic E-state index is 5.27. The van der Waals surface area contributed by atoms with Crippen LogP contribution in [0.15, 0.2) is 59.6 Å². The molecule has 0 spiro atoms. The first kappa shape index (κ1) is 15.6. The minimum absolute atomic E-state index is 0.517. The average molecular weight is 317 g/mol. The minimum Gasteiger partial charge on any atom is -0.285 e. The first-order valence-corrected chi connectivity index (χ1v) is 9.44. The summed E-state index contributed by atoms with van der Waals surface area (Å²) in [5.74, 6) is 2.00. The van der Waals surface area contributed by atoms with E-state index in [1.54, 1.807) is 0 Å². The van der Waals surface area contributed by atoms with E-state index in [1.165, 1.54) is 47.7 Å². The molecule has 0 N–H and O–H groups in total. The molecule has 0 fully saturated rings. The van der Waals surface area contributed by atoms with Gasteiger partial charge in [-0.15, -0.1) is 0 Å². The van der Waals surface area contributed by atoms with E-state index in [1.807, 2.05) is 0 Å². The highest BCUT2D eigenvalue weighted by atomic mass is 14.9. The monoisotopic (exact) mass is 317 g/mol. The standard InChI is InChI=1S/C23H27N/c1-16(2)21-15-22(18-9-4-3-5-10-18)24-23(21)20-13-12-17-8-6-7-11-19(17)14-20/h3-4,6-8,11-14,16,18,21-22H,5,9-10,15H2,1-2H3. The van der Waals surface area contributed by atoms with Gasteiger partial charge in [-0.3, -0.25) is 4.99 Å². The lowest BCUT2D eigenvalue weighted by molar-refractivity contribution is 0.348. The summed E-state index contributed by atoms with van der Waals surface area (Å²) in [6, 6.07) is 16.0. The molecule has 1 nitrogen and oxygen atoms in total. The van der Waals surface area contributed by atoms with Crippen LogP contribution in [-0.2, 0) is 0 Å². The molecule has 1 heteroatoms. The highest BCUT2D eigenvalue weighted by Crippen LogP contribution is 2.37. The Hall–Kier alpha value is -1.89. The smallest absolute Gasteiger partial charge is 0.0541 e. The number of allylic oxidation sites excluding steroid dienone is 2. The highest BCUT2D eigenvalue weighted by Gasteiger charge is 2.35. The molecule has 0 radical (unpaired) electrons. The Labute approximate surface area is 145 Å². The van der Waals surface area contributed by atoms with Gasteiger partial charge in [0, 0.05) is 11.6 Å². The van der Waals surface area contributed by atoms with Crippen LogP contribution in [0.25, 0.3) is 10.8 Å². The van der Waals surface area contributed by atoms with Crippen LogP contribution in [0.1, 0.15) is 45.1 Å². The molecule has 0 bridgehead atoms. The number of benzene rings is 2. The second kappa shape index (κ2) is 6.55. The Morgan fingerprint density at radius 2 is 1.83 bits per heavy atom. The van der Waals surface area contributed by atoms with Crippen molar-refractivity contribution in [1.82, 2.24) is 0 Å². The van der Waals surface area contributed by atoms with Crippen LogP contribution in [0.4, 0.5) is 0 Å². The van der Waals surface area contributed by atoms with Crippen molar-refractivity contribution in [2.75, 3.05) is 0 Å². The van der Waals surface area contributed by atoms with Crippen molar-refractivity contribution in [3.8, 4) is 0 Å². The Morgan fingerprint density at radius 1 is 1.00 bits per heavy atom. The normalized spacial score (nSPS) is 27.0. The van der Waals surface area contributed by atoms with E-state index in [2.05, 4.69) is 68.5 Å². The number of rotatable bonds is 3. The Kier molecular flexibility index (Phi) is 4.26. The van der Waals surface area contributed by atoms with Gasteiger partial charge in [-0.2, -0.15) is 0 Å². The molecular formula is C23H27N. The van der Waals surface area contributed by atoms with Gasteiger partial charge < -0.3 is 0 Å². The summed E-state index contributed by atoms with van der Waals surface area (Å²) in [6.45, 7) is 4.70. The molecular weight excluding hydrogens is 290 g/mol. The number of fused-ring (bicyclic) bond motifs is 1. The van der Waals surface area contributed by atoms with Crippen LogP contribution in [0, 0.1) is 17.8 Å². The molecule has 1 aliphatic heterocycles. The first-order valence-electron chi connectivity index (χ1n) is 9.44. The van der Waals surface area contributed by atoms with Crippen molar-refractivity contribution in [3.05, 3.63) is 60.2 Å². The molecule has 2 aromatic rings. The Balaban J connectivity index is 1.69. The van der Waals surface area contributed by atoms with Crippen molar-refractivity contribution in [2.45, 2.75) is 45.6 Å². The van der Waals surface area contributed by atoms with Crippen molar-refractivity contribution in [2.24, 2.45) is 22.7 Å². The van der Waals surface area contributed by atoms with E-state index in [0.717, 1.165) is 5.92 Å². The second-order valence-corrected chi connectivity index (χ2v) is 7.77. The lowest BCUT2D eigenvalue weighted by atomic mass is 9.80. The van der Waals surface area contributed by atoms with Crippen LogP contribution in [-0.4, -0.2) is 11.8 Å². The SMILES string of the molecule is CC(C)C1CC(C2CC=CCC2)N=C1c1ccc2ccccc2c1. The van der Waals surface area contributed by atoms with E-state index in [9.17, 15) is 0 Å². The van der Waals surface area contributed by atoms with Gasteiger partial charge in [0.25, 0.3) is 0 Å². The molecule has 2 aromatic carbocycles. The summed E-state index contributed by atoms with van der Waals surface area (Å²) < 4.78 is 0. The van der Waals surface area contributed by atoms with Crippen molar-refractivity contribution < 1.29 is 0 Å². The molecule has 1 heterocycles. The molecule has 4 rings (SSSR count). The zero-order valence-corrected chi connectivity index (χ0v) is 14.8. The molecule has 2 aliphatic rings. The van der Waals surface area contributed by atoms with Crippen molar-refractivity contribution in [1.29, 1.82) is 0 Å². The number of aliphatic imine (C=N–C) groups is 1. The van der Waals surface area contributed by atoms with Crippen LogP contribution >= 0.6 is 0 Å². The summed E-state index contributed by atoms with van der Waals surface area (Å²) in [5.41, 5.74) is 2.69. The maximum atomic E-state index is 5.27. The minimum atomic E-state index is 0.517. The molecule has 124 valence electrons. The quantitative estimate of drug-likeness (QED) is 0.613. The van der Waals surface area contributed by atoms with Crippen LogP contribution in [0.5, 0.6) is 0 Å². The lowest BCUT2D eigenvalue weighted by Crippen LogP contribution is -2.21. The van der Waals surface area contributed by atoms with Crippen molar-refractivity contribution >= 4 is 16.5 Å². The summed E-state index contributed by atoms with van der Waals surface area (Å²) in [7, 11) is 0. The predicted octanol–water partition coefficient (Wildman–Crippen LogP) is 6.03. The van der Waals surface area contributed by atoms with Crippen LogP contribution in [0.2, 0.25) is 0 Å². The zero-order chi connectivity index (χ0) is 16.5. The Morgan fingerprint density at radius 3 is 2.58 bits per heavy atom. The van der Waals surface area contributed by atoms with Crippen LogP contribution < -0.4 is 0 Å². The third kappa shape index (κ3) is 2.92. The average Bonchev–Trinajstić information content (AvgIpc) is 3.08. The van der Waals surface area contributed by atoms with Gasteiger partial charge in [-0.25, -0.2) is 0 Å². The fraction of sp³-hybridized carbons (Fsp3) is 0.435. The summed E-state index contributed by atoms with van der Waals surface area (Å²) in [5, 5.41) is 2.64. The summed E-state index contributed by atoms with van der Waals surface area (Å²) in [4.78, 5) is 5.27. The van der Waals surface area contributed by atoms with Crippen LogP contribution in [0.3, 0.4) is 0 Å². The lowest BCUT2D eigenvalue weighted by Gasteiger charge is -2.23. The highest BCUT2D eigenvalue weighted by molar-refractivity contribution is 6.06. The summed E-state index contributed by atoms with van der Waals surface area (Å²) in [6.07, 6.45) is 9.68. The van der Waals surface area contributed by atoms with Crippen molar-refractivity contribution in [3.63, 3.8) is 0 Å².